The van der Waals surface area contributed by atoms with Gasteiger partial charge in [0.2, 0.25) is 14.9 Å². The lowest BCUT2D eigenvalue weighted by atomic mass is 10.4. The zero-order valence-electron chi connectivity index (χ0n) is 11.2. The molecule has 2 N–H and O–H groups in total. The van der Waals surface area contributed by atoms with Crippen LogP contribution in [0.3, 0.4) is 0 Å². The first kappa shape index (κ1) is 15.4. The molecule has 108 valence electrons. The molecule has 0 aliphatic carbocycles. The molecule has 0 unspecified atom stereocenters. The van der Waals surface area contributed by atoms with Crippen LogP contribution < -0.4 is 5.73 Å². The Hall–Kier alpha value is -1.64. The summed E-state index contributed by atoms with van der Waals surface area (Å²) in [5.41, 5.74) is 5.69. The van der Waals surface area contributed by atoms with Gasteiger partial charge in [-0.05, 0) is 20.8 Å². The van der Waals surface area contributed by atoms with Crippen molar-refractivity contribution in [2.75, 3.05) is 12.3 Å². The molecule has 1 aromatic heterocycles. The minimum Gasteiger partial charge on any atom is -0.466 e. The summed E-state index contributed by atoms with van der Waals surface area (Å²) in [6, 6.07) is 0. The summed E-state index contributed by atoms with van der Waals surface area (Å²) in [6.07, 6.45) is 0.0581. The minimum atomic E-state index is -3.57. The molecule has 0 atom stereocenters. The second-order valence-electron chi connectivity index (χ2n) is 4.15. The Labute approximate surface area is 111 Å². The van der Waals surface area contributed by atoms with Crippen LogP contribution in [0.4, 0.5) is 5.82 Å². The van der Waals surface area contributed by atoms with Crippen LogP contribution in [0.1, 0.15) is 27.2 Å². The maximum Gasteiger partial charge on any atom is 0.307 e. The van der Waals surface area contributed by atoms with Crippen molar-refractivity contribution in [2.45, 2.75) is 44.0 Å². The number of rotatable bonds is 6. The van der Waals surface area contributed by atoms with Crippen molar-refractivity contribution in [1.82, 2.24) is 15.0 Å². The molecule has 0 aliphatic rings. The van der Waals surface area contributed by atoms with Gasteiger partial charge in [0.1, 0.15) is 0 Å². The number of nitrogen functional groups attached to an aromatic ring is 1. The summed E-state index contributed by atoms with van der Waals surface area (Å²) >= 11 is 0. The summed E-state index contributed by atoms with van der Waals surface area (Å²) in [6.45, 7) is 5.19. The first-order chi connectivity index (χ1) is 8.80. The van der Waals surface area contributed by atoms with Gasteiger partial charge in [-0.2, -0.15) is 0 Å². The van der Waals surface area contributed by atoms with Gasteiger partial charge in [0.25, 0.3) is 0 Å². The predicted molar refractivity (Wildman–Crippen MR) is 68.0 cm³/mol. The molecule has 0 bridgehead atoms. The Kier molecular flexibility index (Phi) is 4.87. The number of sulfone groups is 1. The quantitative estimate of drug-likeness (QED) is 0.732. The number of hydrogen-bond acceptors (Lipinski definition) is 7. The third kappa shape index (κ3) is 3.43. The number of nitrogens with two attached hydrogens (primary N) is 1. The second kappa shape index (κ2) is 6.00. The molecule has 0 spiro atoms. The van der Waals surface area contributed by atoms with E-state index in [1.165, 1.54) is 18.5 Å². The Bertz CT molecular complexity index is 550. The summed E-state index contributed by atoms with van der Waals surface area (Å²) in [4.78, 5) is 11.2. The predicted octanol–water partition coefficient (Wildman–Crippen LogP) is -0.00440. The number of esters is 1. The maximum atomic E-state index is 11.9. The Balaban J connectivity index is 2.86. The molecule has 0 aromatic carbocycles. The molecule has 1 aromatic rings. The highest BCUT2D eigenvalue weighted by atomic mass is 32.2. The number of nitrogens with zero attached hydrogens (tertiary/aromatic N) is 3. The van der Waals surface area contributed by atoms with Crippen LogP contribution >= 0.6 is 0 Å². The molecule has 0 saturated carbocycles. The average Bonchev–Trinajstić information content (AvgIpc) is 2.68. The third-order valence-corrected chi connectivity index (χ3v) is 4.53. The van der Waals surface area contributed by atoms with Crippen molar-refractivity contribution in [3.63, 3.8) is 0 Å². The van der Waals surface area contributed by atoms with Gasteiger partial charge in [0.05, 0.1) is 24.8 Å². The van der Waals surface area contributed by atoms with Gasteiger partial charge in [0.15, 0.2) is 5.82 Å². The van der Waals surface area contributed by atoms with Gasteiger partial charge >= 0.3 is 5.97 Å². The van der Waals surface area contributed by atoms with E-state index in [4.69, 9.17) is 10.5 Å². The van der Waals surface area contributed by atoms with E-state index in [-0.39, 0.29) is 23.8 Å². The van der Waals surface area contributed by atoms with Gasteiger partial charge in [-0.25, -0.2) is 13.1 Å². The second-order valence-corrected chi connectivity index (χ2v) is 6.57. The molecule has 1 heterocycles. The molecule has 0 fully saturated rings. The van der Waals surface area contributed by atoms with Crippen LogP contribution in [0, 0.1) is 0 Å². The largest absolute Gasteiger partial charge is 0.466 e. The first-order valence-corrected chi connectivity index (χ1v) is 7.43. The van der Waals surface area contributed by atoms with Crippen molar-refractivity contribution in [3.8, 4) is 0 Å². The summed E-state index contributed by atoms with van der Waals surface area (Å²) in [7, 11) is -3.57. The lowest BCUT2D eigenvalue weighted by molar-refractivity contribution is -0.143. The monoisotopic (exact) mass is 290 g/mol. The standard InChI is InChI=1S/C10H18N4O4S/c1-4-18-8(15)5-6-14-9(11)10(12-13-14)19(16,17)7(2)3/h7H,4-6,11H2,1-3H3. The molecule has 0 radical (unpaired) electrons. The van der Waals surface area contributed by atoms with E-state index in [9.17, 15) is 13.2 Å². The van der Waals surface area contributed by atoms with Crippen LogP contribution in [0.25, 0.3) is 0 Å². The summed E-state index contributed by atoms with van der Waals surface area (Å²) < 4.78 is 29.8. The highest BCUT2D eigenvalue weighted by Crippen LogP contribution is 2.19. The molecule has 1 rings (SSSR count). The zero-order valence-corrected chi connectivity index (χ0v) is 12.0. The van der Waals surface area contributed by atoms with Crippen LogP contribution in [0.2, 0.25) is 0 Å². The minimum absolute atomic E-state index is 0.0574. The topological polar surface area (TPSA) is 117 Å². The number of carbonyl (C=O) groups is 1. The Morgan fingerprint density at radius 2 is 2.11 bits per heavy atom. The van der Waals surface area contributed by atoms with E-state index in [1.54, 1.807) is 6.92 Å². The highest BCUT2D eigenvalue weighted by molar-refractivity contribution is 7.92. The molecular formula is C10H18N4O4S. The molecule has 8 nitrogen and oxygen atoms in total. The van der Waals surface area contributed by atoms with Crippen molar-refractivity contribution >= 4 is 21.6 Å². The smallest absolute Gasteiger partial charge is 0.307 e. The van der Waals surface area contributed by atoms with Gasteiger partial charge < -0.3 is 10.5 Å². The van der Waals surface area contributed by atoms with Crippen LogP contribution in [-0.2, 0) is 25.9 Å². The van der Waals surface area contributed by atoms with Crippen molar-refractivity contribution < 1.29 is 17.9 Å². The fourth-order valence-corrected chi connectivity index (χ4v) is 2.32. The lowest BCUT2D eigenvalue weighted by Crippen LogP contribution is -2.17. The molecular weight excluding hydrogens is 272 g/mol. The average molecular weight is 290 g/mol. The molecule has 0 saturated heterocycles. The molecule has 19 heavy (non-hydrogen) atoms. The Morgan fingerprint density at radius 1 is 1.47 bits per heavy atom. The van der Waals surface area contributed by atoms with Crippen LogP contribution in [0.15, 0.2) is 5.03 Å². The fraction of sp³-hybridized carbons (Fsp3) is 0.700. The van der Waals surface area contributed by atoms with E-state index in [0.717, 1.165) is 0 Å². The van der Waals surface area contributed by atoms with Gasteiger partial charge in [0, 0.05) is 0 Å². The molecule has 0 amide bonds. The Morgan fingerprint density at radius 3 is 2.63 bits per heavy atom. The van der Waals surface area contributed by atoms with E-state index in [0.29, 0.717) is 6.61 Å². The third-order valence-electron chi connectivity index (χ3n) is 2.46. The van der Waals surface area contributed by atoms with E-state index in [2.05, 4.69) is 10.3 Å². The summed E-state index contributed by atoms with van der Waals surface area (Å²) in [5, 5.41) is 6.35. The van der Waals surface area contributed by atoms with Gasteiger partial charge in [-0.1, -0.05) is 5.21 Å². The van der Waals surface area contributed by atoms with Gasteiger partial charge in [-0.3, -0.25) is 4.79 Å². The van der Waals surface area contributed by atoms with E-state index in [1.807, 2.05) is 0 Å². The molecule has 9 heteroatoms. The SMILES string of the molecule is CCOC(=O)CCn1nnc(S(=O)(=O)C(C)C)c1N. The van der Waals surface area contributed by atoms with E-state index >= 15 is 0 Å². The van der Waals surface area contributed by atoms with Crippen LogP contribution in [0.5, 0.6) is 0 Å². The van der Waals surface area contributed by atoms with Gasteiger partial charge in [-0.15, -0.1) is 5.10 Å². The highest BCUT2D eigenvalue weighted by Gasteiger charge is 2.27. The number of aromatic nitrogens is 3. The fourth-order valence-electron chi connectivity index (χ4n) is 1.33. The van der Waals surface area contributed by atoms with Crippen molar-refractivity contribution in [3.05, 3.63) is 0 Å². The van der Waals surface area contributed by atoms with Crippen LogP contribution in [-0.4, -0.2) is 41.2 Å². The molecule has 0 aliphatic heterocycles. The number of carbonyl (C=O) groups excluding carboxylic acids is 1. The number of anilines is 1. The van der Waals surface area contributed by atoms with Crippen molar-refractivity contribution in [2.24, 2.45) is 0 Å². The first-order valence-electron chi connectivity index (χ1n) is 5.89. The van der Waals surface area contributed by atoms with Crippen molar-refractivity contribution in [1.29, 1.82) is 0 Å². The van der Waals surface area contributed by atoms with E-state index < -0.39 is 21.1 Å². The number of hydrogen-bond donors (Lipinski definition) is 1. The maximum absolute atomic E-state index is 11.9. The normalized spacial score (nSPS) is 11.8. The number of ether oxygens (including phenoxy) is 1. The number of aryl methyl sites for hydroxylation is 1. The zero-order chi connectivity index (χ0) is 14.6. The summed E-state index contributed by atoms with van der Waals surface area (Å²) in [5.74, 6) is -0.455. The lowest BCUT2D eigenvalue weighted by Gasteiger charge is -2.06.